The highest BCUT2D eigenvalue weighted by molar-refractivity contribution is 5.85. The molecule has 1 rings (SSSR count). The first-order valence-electron chi connectivity index (χ1n) is 7.50. The molecule has 0 bridgehead atoms. The summed E-state index contributed by atoms with van der Waals surface area (Å²) in [7, 11) is 0. The molecule has 0 aromatic carbocycles. The smallest absolute Gasteiger partial charge is 0.329 e. The molecular weight excluding hydrogens is 256 g/mol. The number of likely N-dealkylation sites (N-methyl/N-ethyl adjacent to an activating group) is 1. The van der Waals surface area contributed by atoms with Crippen molar-refractivity contribution in [2.45, 2.75) is 65.5 Å². The Morgan fingerprint density at radius 2 is 1.70 bits per heavy atom. The summed E-state index contributed by atoms with van der Waals surface area (Å²) in [5.74, 6) is 0.220. The lowest BCUT2D eigenvalue weighted by Gasteiger charge is -2.37. The fraction of sp³-hybridized carbons (Fsp3) is 0.867. The number of urea groups is 1. The highest BCUT2D eigenvalue weighted by atomic mass is 16.4. The molecule has 0 heterocycles. The first kappa shape index (κ1) is 16.8. The van der Waals surface area contributed by atoms with Gasteiger partial charge >= 0.3 is 12.0 Å². The molecule has 2 unspecified atom stereocenters. The highest BCUT2D eigenvalue weighted by Crippen LogP contribution is 2.28. The van der Waals surface area contributed by atoms with Crippen molar-refractivity contribution in [1.82, 2.24) is 10.2 Å². The second-order valence-corrected chi connectivity index (χ2v) is 6.67. The van der Waals surface area contributed by atoms with Gasteiger partial charge in [-0.25, -0.2) is 9.59 Å². The van der Waals surface area contributed by atoms with Crippen LogP contribution in [0.2, 0.25) is 0 Å². The molecule has 2 N–H and O–H groups in total. The van der Waals surface area contributed by atoms with Crippen molar-refractivity contribution < 1.29 is 14.7 Å². The topological polar surface area (TPSA) is 69.6 Å². The van der Waals surface area contributed by atoms with Crippen LogP contribution in [0, 0.1) is 11.8 Å². The maximum absolute atomic E-state index is 12.4. The van der Waals surface area contributed by atoms with E-state index in [9.17, 15) is 14.7 Å². The van der Waals surface area contributed by atoms with E-state index in [-0.39, 0.29) is 12.1 Å². The third-order valence-electron chi connectivity index (χ3n) is 4.27. The number of aliphatic carboxylic acids is 1. The van der Waals surface area contributed by atoms with Gasteiger partial charge in [-0.2, -0.15) is 0 Å². The second-order valence-electron chi connectivity index (χ2n) is 6.67. The van der Waals surface area contributed by atoms with Crippen LogP contribution < -0.4 is 5.32 Å². The Balaban J connectivity index is 2.71. The van der Waals surface area contributed by atoms with Gasteiger partial charge in [-0.3, -0.25) is 0 Å². The molecule has 116 valence electrons. The molecule has 0 radical (unpaired) electrons. The third kappa shape index (κ3) is 3.87. The first-order chi connectivity index (χ1) is 9.18. The van der Waals surface area contributed by atoms with Crippen LogP contribution in [0.3, 0.4) is 0 Å². The Morgan fingerprint density at radius 3 is 2.10 bits per heavy atom. The fourth-order valence-electron chi connectivity index (χ4n) is 3.23. The Kier molecular flexibility index (Phi) is 5.42. The zero-order valence-corrected chi connectivity index (χ0v) is 13.3. The summed E-state index contributed by atoms with van der Waals surface area (Å²) in [6.07, 6.45) is 3.15. The lowest BCUT2D eigenvalue weighted by Crippen LogP contribution is -2.58. The van der Waals surface area contributed by atoms with Crippen LogP contribution in [-0.4, -0.2) is 40.1 Å². The molecule has 20 heavy (non-hydrogen) atoms. The van der Waals surface area contributed by atoms with E-state index in [2.05, 4.69) is 19.2 Å². The standard InChI is InChI=1S/C15H28N2O3/c1-6-17(15(4,5)13(18)19)14(20)16-12-8-10(2)7-11(3)9-12/h10-12H,6-9H2,1-5H3,(H,16,20)(H,18,19). The molecular formula is C15H28N2O3. The minimum atomic E-state index is -1.19. The molecule has 0 aliphatic heterocycles. The molecule has 0 aromatic heterocycles. The van der Waals surface area contributed by atoms with Gasteiger partial charge in [0.15, 0.2) is 0 Å². The molecule has 1 aliphatic carbocycles. The van der Waals surface area contributed by atoms with Gasteiger partial charge in [-0.05, 0) is 51.9 Å². The summed E-state index contributed by atoms with van der Waals surface area (Å²) in [6.45, 7) is 9.70. The van der Waals surface area contributed by atoms with Crippen LogP contribution >= 0.6 is 0 Å². The van der Waals surface area contributed by atoms with Crippen molar-refractivity contribution in [3.63, 3.8) is 0 Å². The molecule has 5 heteroatoms. The summed E-state index contributed by atoms with van der Waals surface area (Å²) < 4.78 is 0. The molecule has 0 aromatic rings. The van der Waals surface area contributed by atoms with Crippen molar-refractivity contribution >= 4 is 12.0 Å². The molecule has 1 saturated carbocycles. The number of carbonyl (C=O) groups is 2. The number of carboxylic acids is 1. The van der Waals surface area contributed by atoms with Crippen molar-refractivity contribution in [1.29, 1.82) is 0 Å². The monoisotopic (exact) mass is 284 g/mol. The van der Waals surface area contributed by atoms with Gasteiger partial charge in [0.1, 0.15) is 5.54 Å². The number of nitrogens with one attached hydrogen (secondary N) is 1. The van der Waals surface area contributed by atoms with E-state index in [1.165, 1.54) is 11.3 Å². The molecule has 0 saturated heterocycles. The summed E-state index contributed by atoms with van der Waals surface area (Å²) >= 11 is 0. The largest absolute Gasteiger partial charge is 0.480 e. The lowest BCUT2D eigenvalue weighted by molar-refractivity contribution is -0.147. The minimum absolute atomic E-state index is 0.153. The van der Waals surface area contributed by atoms with Crippen LogP contribution in [0.4, 0.5) is 4.79 Å². The average molecular weight is 284 g/mol. The van der Waals surface area contributed by atoms with E-state index in [0.717, 1.165) is 12.8 Å². The third-order valence-corrected chi connectivity index (χ3v) is 4.27. The molecule has 1 fully saturated rings. The quantitative estimate of drug-likeness (QED) is 0.834. The first-order valence-corrected chi connectivity index (χ1v) is 7.50. The van der Waals surface area contributed by atoms with Crippen molar-refractivity contribution in [2.24, 2.45) is 11.8 Å². The van der Waals surface area contributed by atoms with Gasteiger partial charge in [0, 0.05) is 12.6 Å². The molecule has 2 atom stereocenters. The van der Waals surface area contributed by atoms with Gasteiger partial charge in [-0.1, -0.05) is 13.8 Å². The normalized spacial score (nSPS) is 26.9. The summed E-state index contributed by atoms with van der Waals surface area (Å²) in [5, 5.41) is 12.3. The van der Waals surface area contributed by atoms with Gasteiger partial charge in [0.2, 0.25) is 0 Å². The number of carbonyl (C=O) groups excluding carboxylic acids is 1. The summed E-state index contributed by atoms with van der Waals surface area (Å²) in [6, 6.07) is -0.119. The molecule has 2 amide bonds. The molecule has 5 nitrogen and oxygen atoms in total. The Morgan fingerprint density at radius 1 is 1.20 bits per heavy atom. The Labute approximate surface area is 121 Å². The second kappa shape index (κ2) is 6.46. The van der Waals surface area contributed by atoms with E-state index < -0.39 is 11.5 Å². The van der Waals surface area contributed by atoms with E-state index in [1.807, 2.05) is 0 Å². The number of amides is 2. The van der Waals surface area contributed by atoms with Crippen LogP contribution in [-0.2, 0) is 4.79 Å². The summed E-state index contributed by atoms with van der Waals surface area (Å²) in [5.41, 5.74) is -1.19. The van der Waals surface area contributed by atoms with E-state index in [0.29, 0.717) is 18.4 Å². The van der Waals surface area contributed by atoms with Crippen LogP contribution in [0.1, 0.15) is 53.9 Å². The van der Waals surface area contributed by atoms with E-state index in [1.54, 1.807) is 20.8 Å². The fourth-order valence-corrected chi connectivity index (χ4v) is 3.23. The van der Waals surface area contributed by atoms with E-state index >= 15 is 0 Å². The number of nitrogens with zero attached hydrogens (tertiary/aromatic N) is 1. The van der Waals surface area contributed by atoms with Crippen LogP contribution in [0.25, 0.3) is 0 Å². The molecule has 0 spiro atoms. The minimum Gasteiger partial charge on any atom is -0.480 e. The van der Waals surface area contributed by atoms with Gasteiger partial charge in [0.25, 0.3) is 0 Å². The number of carboxylic acid groups (broad SMARTS) is 1. The van der Waals surface area contributed by atoms with Crippen LogP contribution in [0.5, 0.6) is 0 Å². The zero-order chi connectivity index (χ0) is 15.5. The zero-order valence-electron chi connectivity index (χ0n) is 13.3. The maximum atomic E-state index is 12.4. The SMILES string of the molecule is CCN(C(=O)NC1CC(C)CC(C)C1)C(C)(C)C(=O)O. The number of hydrogen-bond acceptors (Lipinski definition) is 2. The van der Waals surface area contributed by atoms with Gasteiger partial charge < -0.3 is 15.3 Å². The molecule has 1 aliphatic rings. The predicted molar refractivity (Wildman–Crippen MR) is 78.6 cm³/mol. The number of rotatable bonds is 4. The van der Waals surface area contributed by atoms with Crippen molar-refractivity contribution in [2.75, 3.05) is 6.54 Å². The number of hydrogen-bond donors (Lipinski definition) is 2. The van der Waals surface area contributed by atoms with Gasteiger partial charge in [-0.15, -0.1) is 0 Å². The Hall–Kier alpha value is -1.26. The van der Waals surface area contributed by atoms with Crippen molar-refractivity contribution in [3.05, 3.63) is 0 Å². The Bertz CT molecular complexity index is 358. The van der Waals surface area contributed by atoms with Crippen molar-refractivity contribution in [3.8, 4) is 0 Å². The van der Waals surface area contributed by atoms with Gasteiger partial charge in [0.05, 0.1) is 0 Å². The summed E-state index contributed by atoms with van der Waals surface area (Å²) in [4.78, 5) is 25.0. The average Bonchev–Trinajstić information content (AvgIpc) is 2.27. The van der Waals surface area contributed by atoms with Crippen LogP contribution in [0.15, 0.2) is 0 Å². The predicted octanol–water partition coefficient (Wildman–Crippen LogP) is 2.71. The highest BCUT2D eigenvalue weighted by Gasteiger charge is 2.38. The lowest BCUT2D eigenvalue weighted by atomic mass is 9.80. The maximum Gasteiger partial charge on any atom is 0.329 e. The van der Waals surface area contributed by atoms with E-state index in [4.69, 9.17) is 0 Å².